The Morgan fingerprint density at radius 1 is 0.808 bits per heavy atom. The molecule has 3 aromatic carbocycles. The molecule has 2 heterocycles. The van der Waals surface area contributed by atoms with Crippen molar-refractivity contribution >= 4 is 17.3 Å². The molecule has 128 valence electrons. The van der Waals surface area contributed by atoms with Gasteiger partial charge in [-0.2, -0.15) is 0 Å². The first-order valence-electron chi connectivity index (χ1n) is 8.64. The van der Waals surface area contributed by atoms with Gasteiger partial charge in [-0.1, -0.05) is 72.3 Å². The standard InChI is InChI=1S/C22H16ClFN2/c23-16-12-10-15(11-13-16)20-21-19(14-6-2-1-3-7-14)25-22(26(20)21)17-8-4-5-9-18(17)24/h1-13,20-22H/t20-,21+,22+,26?/m0/s1. The van der Waals surface area contributed by atoms with E-state index in [0.29, 0.717) is 5.56 Å². The second-order valence-electron chi connectivity index (χ2n) is 6.66. The lowest BCUT2D eigenvalue weighted by molar-refractivity contribution is 0.390. The molecule has 3 aromatic rings. The van der Waals surface area contributed by atoms with Crippen molar-refractivity contribution in [3.8, 4) is 0 Å². The van der Waals surface area contributed by atoms with Gasteiger partial charge in [0.1, 0.15) is 12.0 Å². The number of aliphatic imine (C=N–C) groups is 1. The van der Waals surface area contributed by atoms with Crippen LogP contribution in [0.25, 0.3) is 0 Å². The molecule has 2 aliphatic rings. The van der Waals surface area contributed by atoms with Gasteiger partial charge in [-0.3, -0.25) is 9.89 Å². The highest BCUT2D eigenvalue weighted by atomic mass is 35.5. The van der Waals surface area contributed by atoms with E-state index in [1.54, 1.807) is 6.07 Å². The summed E-state index contributed by atoms with van der Waals surface area (Å²) in [5.74, 6) is -0.212. The van der Waals surface area contributed by atoms with Crippen LogP contribution in [0.1, 0.15) is 28.9 Å². The molecule has 26 heavy (non-hydrogen) atoms. The van der Waals surface area contributed by atoms with Gasteiger partial charge >= 0.3 is 0 Å². The molecule has 1 saturated heterocycles. The fourth-order valence-corrected chi connectivity index (χ4v) is 4.03. The fourth-order valence-electron chi connectivity index (χ4n) is 3.90. The average Bonchev–Trinajstić information content (AvgIpc) is 3.28. The zero-order chi connectivity index (χ0) is 17.7. The van der Waals surface area contributed by atoms with Crippen LogP contribution in [0.15, 0.2) is 83.9 Å². The van der Waals surface area contributed by atoms with Gasteiger partial charge in [-0.25, -0.2) is 4.39 Å². The Hall–Kier alpha value is -2.49. The summed E-state index contributed by atoms with van der Waals surface area (Å²) in [7, 11) is 0. The molecular formula is C22H16ClFN2. The first kappa shape index (κ1) is 15.7. The van der Waals surface area contributed by atoms with Crippen molar-refractivity contribution in [2.24, 2.45) is 4.99 Å². The number of benzene rings is 3. The highest BCUT2D eigenvalue weighted by Crippen LogP contribution is 2.56. The maximum Gasteiger partial charge on any atom is 0.132 e. The molecule has 2 aliphatic heterocycles. The monoisotopic (exact) mass is 362 g/mol. The summed E-state index contributed by atoms with van der Waals surface area (Å²) in [6.45, 7) is 0. The second kappa shape index (κ2) is 6.04. The lowest BCUT2D eigenvalue weighted by Gasteiger charge is -2.15. The molecular weight excluding hydrogens is 347 g/mol. The van der Waals surface area contributed by atoms with Gasteiger partial charge < -0.3 is 0 Å². The molecule has 0 bridgehead atoms. The van der Waals surface area contributed by atoms with Crippen LogP contribution in [0, 0.1) is 5.82 Å². The summed E-state index contributed by atoms with van der Waals surface area (Å²) in [6.07, 6.45) is -0.294. The van der Waals surface area contributed by atoms with Crippen molar-refractivity contribution < 1.29 is 4.39 Å². The van der Waals surface area contributed by atoms with Gasteiger partial charge in [0.2, 0.25) is 0 Å². The molecule has 0 saturated carbocycles. The molecule has 0 N–H and O–H groups in total. The zero-order valence-electron chi connectivity index (χ0n) is 13.9. The van der Waals surface area contributed by atoms with Crippen molar-refractivity contribution in [2.45, 2.75) is 18.2 Å². The minimum atomic E-state index is -0.294. The zero-order valence-corrected chi connectivity index (χ0v) is 14.6. The first-order chi connectivity index (χ1) is 12.7. The summed E-state index contributed by atoms with van der Waals surface area (Å²) in [6, 6.07) is 25.3. The second-order valence-corrected chi connectivity index (χ2v) is 7.10. The molecule has 4 heteroatoms. The molecule has 0 spiro atoms. The minimum Gasteiger partial charge on any atom is -0.263 e. The molecule has 1 fully saturated rings. The summed E-state index contributed by atoms with van der Waals surface area (Å²) in [5.41, 5.74) is 3.93. The third-order valence-electron chi connectivity index (χ3n) is 5.14. The van der Waals surface area contributed by atoms with E-state index in [0.717, 1.165) is 16.3 Å². The summed E-state index contributed by atoms with van der Waals surface area (Å²) in [4.78, 5) is 7.16. The Balaban J connectivity index is 1.58. The summed E-state index contributed by atoms with van der Waals surface area (Å²) in [5, 5.41) is 0.720. The predicted octanol–water partition coefficient (Wildman–Crippen LogP) is 5.41. The number of nitrogens with zero attached hydrogens (tertiary/aromatic N) is 2. The van der Waals surface area contributed by atoms with Gasteiger partial charge in [0.15, 0.2) is 0 Å². The van der Waals surface area contributed by atoms with Crippen molar-refractivity contribution in [1.29, 1.82) is 0 Å². The van der Waals surface area contributed by atoms with Crippen LogP contribution in [-0.4, -0.2) is 16.7 Å². The van der Waals surface area contributed by atoms with E-state index < -0.39 is 0 Å². The van der Waals surface area contributed by atoms with Crippen LogP contribution < -0.4 is 0 Å². The molecule has 5 rings (SSSR count). The van der Waals surface area contributed by atoms with Crippen LogP contribution in [-0.2, 0) is 0 Å². The Morgan fingerprint density at radius 2 is 1.50 bits per heavy atom. The van der Waals surface area contributed by atoms with E-state index in [9.17, 15) is 4.39 Å². The number of rotatable bonds is 3. The van der Waals surface area contributed by atoms with Crippen molar-refractivity contribution in [2.75, 3.05) is 0 Å². The van der Waals surface area contributed by atoms with Gasteiger partial charge in [0, 0.05) is 10.6 Å². The third kappa shape index (κ3) is 2.47. The van der Waals surface area contributed by atoms with Crippen molar-refractivity contribution in [3.63, 3.8) is 0 Å². The lowest BCUT2D eigenvalue weighted by atomic mass is 10.0. The van der Waals surface area contributed by atoms with Gasteiger partial charge in [0.25, 0.3) is 0 Å². The van der Waals surface area contributed by atoms with Crippen LogP contribution in [0.4, 0.5) is 4.39 Å². The van der Waals surface area contributed by atoms with E-state index in [4.69, 9.17) is 16.6 Å². The van der Waals surface area contributed by atoms with Gasteiger partial charge in [0.05, 0.1) is 17.8 Å². The number of hydrogen-bond acceptors (Lipinski definition) is 2. The Bertz CT molecular complexity index is 985. The molecule has 1 unspecified atom stereocenters. The molecule has 0 amide bonds. The maximum atomic E-state index is 14.4. The molecule has 2 nitrogen and oxygen atoms in total. The number of halogens is 2. The van der Waals surface area contributed by atoms with Crippen LogP contribution in [0.3, 0.4) is 0 Å². The van der Waals surface area contributed by atoms with Gasteiger partial charge in [-0.05, 0) is 29.3 Å². The van der Waals surface area contributed by atoms with E-state index in [1.165, 1.54) is 11.6 Å². The first-order valence-corrected chi connectivity index (χ1v) is 9.02. The minimum absolute atomic E-state index is 0.170. The lowest BCUT2D eigenvalue weighted by Crippen LogP contribution is -2.09. The van der Waals surface area contributed by atoms with E-state index >= 15 is 0 Å². The van der Waals surface area contributed by atoms with Crippen LogP contribution in [0.2, 0.25) is 5.02 Å². The molecule has 0 aromatic heterocycles. The maximum absolute atomic E-state index is 14.4. The normalized spacial score (nSPS) is 26.3. The molecule has 4 atom stereocenters. The smallest absolute Gasteiger partial charge is 0.132 e. The van der Waals surface area contributed by atoms with Gasteiger partial charge in [-0.15, -0.1) is 0 Å². The summed E-state index contributed by atoms with van der Waals surface area (Å²) >= 11 is 6.04. The Labute approximate surface area is 156 Å². The van der Waals surface area contributed by atoms with Crippen LogP contribution in [0.5, 0.6) is 0 Å². The van der Waals surface area contributed by atoms with E-state index in [2.05, 4.69) is 17.0 Å². The largest absolute Gasteiger partial charge is 0.263 e. The Morgan fingerprint density at radius 3 is 2.23 bits per heavy atom. The molecule has 0 aliphatic carbocycles. The summed E-state index contributed by atoms with van der Waals surface area (Å²) < 4.78 is 14.4. The fraction of sp³-hybridized carbons (Fsp3) is 0.136. The van der Waals surface area contributed by atoms with Crippen molar-refractivity contribution in [1.82, 2.24) is 4.90 Å². The van der Waals surface area contributed by atoms with E-state index in [-0.39, 0.29) is 24.1 Å². The molecule has 0 radical (unpaired) electrons. The quantitative estimate of drug-likeness (QED) is 0.569. The SMILES string of the molecule is Fc1ccccc1[C@@H]1N=C(c2ccccc2)[C@@H]2[C@H](c3ccc(Cl)cc3)N21. The van der Waals surface area contributed by atoms with Crippen molar-refractivity contribution in [3.05, 3.63) is 106 Å². The third-order valence-corrected chi connectivity index (χ3v) is 5.39. The highest BCUT2D eigenvalue weighted by molar-refractivity contribution is 6.30. The van der Waals surface area contributed by atoms with E-state index in [1.807, 2.05) is 54.6 Å². The Kier molecular flexibility index (Phi) is 3.66. The van der Waals surface area contributed by atoms with Crippen LogP contribution >= 0.6 is 11.6 Å². The topological polar surface area (TPSA) is 15.4 Å². The highest BCUT2D eigenvalue weighted by Gasteiger charge is 2.59. The average molecular weight is 363 g/mol. The number of fused-ring (bicyclic) bond motifs is 1. The predicted molar refractivity (Wildman–Crippen MR) is 102 cm³/mol. The number of hydrogen-bond donors (Lipinski definition) is 0.